The highest BCUT2D eigenvalue weighted by atomic mass is 16.3. The van der Waals surface area contributed by atoms with Gasteiger partial charge in [0, 0.05) is 42.8 Å². The summed E-state index contributed by atoms with van der Waals surface area (Å²) in [6.45, 7) is 2.73. The van der Waals surface area contributed by atoms with Crippen LogP contribution in [0.5, 0.6) is 5.75 Å². The molecule has 2 heterocycles. The van der Waals surface area contributed by atoms with E-state index in [1.807, 2.05) is 43.1 Å². The van der Waals surface area contributed by atoms with E-state index in [9.17, 15) is 5.11 Å². The van der Waals surface area contributed by atoms with Crippen molar-refractivity contribution in [2.45, 2.75) is 25.9 Å². The Morgan fingerprint density at radius 2 is 2.03 bits per heavy atom. The molecule has 2 aromatic carbocycles. The average Bonchev–Trinajstić information content (AvgIpc) is 3.02. The van der Waals surface area contributed by atoms with Crippen LogP contribution < -0.4 is 10.6 Å². The summed E-state index contributed by atoms with van der Waals surface area (Å²) in [6.07, 6.45) is 4.02. The maximum absolute atomic E-state index is 9.58. The largest absolute Gasteiger partial charge is 0.508 e. The van der Waals surface area contributed by atoms with Crippen LogP contribution in [0.4, 0.5) is 5.69 Å². The molecule has 1 aromatic heterocycles. The second-order valence-electron chi connectivity index (χ2n) is 7.11. The number of phenols is 1. The van der Waals surface area contributed by atoms with Gasteiger partial charge in [0.2, 0.25) is 0 Å². The van der Waals surface area contributed by atoms with Crippen LogP contribution >= 0.6 is 0 Å². The quantitative estimate of drug-likeness (QED) is 0.394. The fourth-order valence-electron chi connectivity index (χ4n) is 3.82. The standard InChI is InChI=1S/C22H24N6O/c1-14-22-19-8-3-15(16(12-23)13-24-2)11-20(19)21(9-10-28(22)27-26-14)25-17-4-6-18(29)7-5-17/h3-8,11-13,21,23-25,29H,9-10H2,1-2H3/b16-13+,23-12?. The molecule has 7 heteroatoms. The molecule has 3 aromatic rings. The van der Waals surface area contributed by atoms with Gasteiger partial charge in [0.15, 0.2) is 0 Å². The van der Waals surface area contributed by atoms with Gasteiger partial charge in [0.05, 0.1) is 17.4 Å². The summed E-state index contributed by atoms with van der Waals surface area (Å²) in [4.78, 5) is 0. The van der Waals surface area contributed by atoms with E-state index in [1.165, 1.54) is 6.21 Å². The van der Waals surface area contributed by atoms with Gasteiger partial charge in [0.25, 0.3) is 0 Å². The summed E-state index contributed by atoms with van der Waals surface area (Å²) < 4.78 is 1.97. The topological polar surface area (TPSA) is 98.8 Å². The second kappa shape index (κ2) is 7.79. The van der Waals surface area contributed by atoms with Gasteiger partial charge in [-0.15, -0.1) is 5.10 Å². The summed E-state index contributed by atoms with van der Waals surface area (Å²) in [5.74, 6) is 0.244. The molecule has 0 saturated carbocycles. The zero-order valence-corrected chi connectivity index (χ0v) is 16.5. The maximum Gasteiger partial charge on any atom is 0.115 e. The molecule has 4 N–H and O–H groups in total. The van der Waals surface area contributed by atoms with Crippen LogP contribution in [-0.4, -0.2) is 33.4 Å². The van der Waals surface area contributed by atoms with Crippen molar-refractivity contribution < 1.29 is 5.11 Å². The molecule has 1 unspecified atom stereocenters. The third-order valence-corrected chi connectivity index (χ3v) is 5.21. The van der Waals surface area contributed by atoms with Crippen LogP contribution in [0.25, 0.3) is 16.8 Å². The predicted molar refractivity (Wildman–Crippen MR) is 115 cm³/mol. The molecule has 0 aliphatic carbocycles. The van der Waals surface area contributed by atoms with E-state index < -0.39 is 0 Å². The Labute approximate surface area is 169 Å². The van der Waals surface area contributed by atoms with Gasteiger partial charge in [-0.25, -0.2) is 4.68 Å². The first-order chi connectivity index (χ1) is 14.1. The SMILES string of the molecule is CN/C=C(\C=N)c1ccc2c(c1)C(Nc1ccc(O)cc1)CCn1nnc(C)c1-2. The van der Waals surface area contributed by atoms with Gasteiger partial charge in [-0.05, 0) is 54.8 Å². The first kappa shape index (κ1) is 18.7. The number of nitrogens with one attached hydrogen (secondary N) is 3. The fourth-order valence-corrected chi connectivity index (χ4v) is 3.82. The number of benzene rings is 2. The molecular weight excluding hydrogens is 364 g/mol. The lowest BCUT2D eigenvalue weighted by Crippen LogP contribution is -2.13. The molecular formula is C22H24N6O. The van der Waals surface area contributed by atoms with Crippen LogP contribution in [0.3, 0.4) is 0 Å². The number of hydrogen-bond acceptors (Lipinski definition) is 6. The van der Waals surface area contributed by atoms with E-state index in [-0.39, 0.29) is 11.8 Å². The zero-order valence-electron chi connectivity index (χ0n) is 16.5. The van der Waals surface area contributed by atoms with Crippen LogP contribution in [0.2, 0.25) is 0 Å². The third-order valence-electron chi connectivity index (χ3n) is 5.21. The average molecular weight is 388 g/mol. The normalized spacial score (nSPS) is 15.8. The lowest BCUT2D eigenvalue weighted by Gasteiger charge is -2.21. The van der Waals surface area contributed by atoms with Gasteiger partial charge < -0.3 is 21.1 Å². The molecule has 148 valence electrons. The molecule has 0 radical (unpaired) electrons. The smallest absolute Gasteiger partial charge is 0.115 e. The molecule has 1 atom stereocenters. The summed E-state index contributed by atoms with van der Waals surface area (Å²) in [7, 11) is 1.83. The van der Waals surface area contributed by atoms with Crippen LogP contribution in [0, 0.1) is 12.3 Å². The molecule has 0 spiro atoms. The van der Waals surface area contributed by atoms with Crippen molar-refractivity contribution in [3.05, 3.63) is 65.5 Å². The van der Waals surface area contributed by atoms with Crippen molar-refractivity contribution in [1.82, 2.24) is 20.3 Å². The number of allylic oxidation sites excluding steroid dienone is 1. The van der Waals surface area contributed by atoms with E-state index in [2.05, 4.69) is 33.1 Å². The number of aromatic hydroxyl groups is 1. The Hall–Kier alpha value is -3.61. The molecule has 7 nitrogen and oxygen atoms in total. The van der Waals surface area contributed by atoms with Gasteiger partial charge in [-0.3, -0.25) is 0 Å². The summed E-state index contributed by atoms with van der Waals surface area (Å²) in [5, 5.41) is 32.5. The number of hydrogen-bond donors (Lipinski definition) is 4. The first-order valence-corrected chi connectivity index (χ1v) is 9.59. The molecule has 0 amide bonds. The fraction of sp³-hybridized carbons (Fsp3) is 0.227. The molecule has 0 fully saturated rings. The molecule has 0 saturated heterocycles. The number of fused-ring (bicyclic) bond motifs is 3. The molecule has 29 heavy (non-hydrogen) atoms. The number of aryl methyl sites for hydroxylation is 2. The van der Waals surface area contributed by atoms with Crippen LogP contribution in [-0.2, 0) is 6.54 Å². The number of anilines is 1. The lowest BCUT2D eigenvalue weighted by atomic mass is 9.92. The van der Waals surface area contributed by atoms with Gasteiger partial charge in [0.1, 0.15) is 5.75 Å². The van der Waals surface area contributed by atoms with E-state index in [0.717, 1.165) is 52.3 Å². The van der Waals surface area contributed by atoms with Crippen molar-refractivity contribution in [2.24, 2.45) is 0 Å². The van der Waals surface area contributed by atoms with Gasteiger partial charge in [-0.1, -0.05) is 17.3 Å². The highest BCUT2D eigenvalue weighted by Gasteiger charge is 2.25. The highest BCUT2D eigenvalue weighted by Crippen LogP contribution is 2.38. The predicted octanol–water partition coefficient (Wildman–Crippen LogP) is 3.73. The summed E-state index contributed by atoms with van der Waals surface area (Å²) in [6, 6.07) is 13.4. The summed E-state index contributed by atoms with van der Waals surface area (Å²) >= 11 is 0. The second-order valence-corrected chi connectivity index (χ2v) is 7.11. The Balaban J connectivity index is 1.83. The summed E-state index contributed by atoms with van der Waals surface area (Å²) in [5.41, 5.74) is 6.91. The van der Waals surface area contributed by atoms with E-state index in [1.54, 1.807) is 12.1 Å². The Bertz CT molecular complexity index is 1070. The minimum atomic E-state index is 0.0529. The number of phenolic OH excluding ortho intramolecular Hbond substituents is 1. The number of rotatable bonds is 5. The van der Waals surface area contributed by atoms with Crippen LogP contribution in [0.1, 0.15) is 29.3 Å². The van der Waals surface area contributed by atoms with Crippen molar-refractivity contribution in [2.75, 3.05) is 12.4 Å². The first-order valence-electron chi connectivity index (χ1n) is 9.59. The van der Waals surface area contributed by atoms with E-state index in [4.69, 9.17) is 5.41 Å². The third kappa shape index (κ3) is 3.59. The molecule has 0 bridgehead atoms. The van der Waals surface area contributed by atoms with Crippen LogP contribution in [0.15, 0.2) is 48.7 Å². The van der Waals surface area contributed by atoms with Crippen molar-refractivity contribution in [1.29, 1.82) is 5.41 Å². The lowest BCUT2D eigenvalue weighted by molar-refractivity contribution is 0.475. The number of aromatic nitrogens is 3. The van der Waals surface area contributed by atoms with E-state index in [0.29, 0.717) is 0 Å². The number of nitrogens with zero attached hydrogens (tertiary/aromatic N) is 3. The Kier molecular flexibility index (Phi) is 5.03. The molecule has 1 aliphatic heterocycles. The van der Waals surface area contributed by atoms with Crippen molar-refractivity contribution in [3.63, 3.8) is 0 Å². The minimum absolute atomic E-state index is 0.0529. The zero-order chi connectivity index (χ0) is 20.4. The van der Waals surface area contributed by atoms with E-state index >= 15 is 0 Å². The Morgan fingerprint density at radius 1 is 1.24 bits per heavy atom. The minimum Gasteiger partial charge on any atom is -0.508 e. The Morgan fingerprint density at radius 3 is 2.76 bits per heavy atom. The molecule has 4 rings (SSSR count). The monoisotopic (exact) mass is 388 g/mol. The van der Waals surface area contributed by atoms with Gasteiger partial charge >= 0.3 is 0 Å². The van der Waals surface area contributed by atoms with Crippen molar-refractivity contribution in [3.8, 4) is 17.0 Å². The van der Waals surface area contributed by atoms with Crippen molar-refractivity contribution >= 4 is 17.5 Å². The maximum atomic E-state index is 9.58. The molecule has 1 aliphatic rings. The highest BCUT2D eigenvalue weighted by molar-refractivity contribution is 6.08. The van der Waals surface area contributed by atoms with Gasteiger partial charge in [-0.2, -0.15) is 0 Å².